The topological polar surface area (TPSA) is 29.1 Å². The van der Waals surface area contributed by atoms with Gasteiger partial charge in [0, 0.05) is 11.1 Å². The molecule has 1 aromatic rings. The van der Waals surface area contributed by atoms with Gasteiger partial charge in [0.1, 0.15) is 5.82 Å². The Bertz CT molecular complexity index is 398. The van der Waals surface area contributed by atoms with E-state index in [1.807, 2.05) is 13.8 Å². The molecule has 0 unspecified atom stereocenters. The van der Waals surface area contributed by atoms with Gasteiger partial charge in [0.05, 0.1) is 0 Å². The summed E-state index contributed by atoms with van der Waals surface area (Å²) >= 11 is 0. The highest BCUT2D eigenvalue weighted by Crippen LogP contribution is 2.23. The van der Waals surface area contributed by atoms with Gasteiger partial charge in [-0.25, -0.2) is 4.39 Å². The van der Waals surface area contributed by atoms with Gasteiger partial charge in [-0.3, -0.25) is 4.79 Å². The molecule has 0 fully saturated rings. The molecular formula is C11H12FNO. The average Bonchev–Trinajstić information content (AvgIpc) is 2.00. The monoisotopic (exact) mass is 193 g/mol. The van der Waals surface area contributed by atoms with Crippen molar-refractivity contribution in [3.63, 3.8) is 0 Å². The smallest absolute Gasteiger partial charge is 0.251 e. The molecule has 74 valence electrons. The summed E-state index contributed by atoms with van der Waals surface area (Å²) in [6.45, 7) is 3.86. The molecule has 14 heavy (non-hydrogen) atoms. The Labute approximate surface area is 82.1 Å². The van der Waals surface area contributed by atoms with E-state index >= 15 is 0 Å². The van der Waals surface area contributed by atoms with Gasteiger partial charge >= 0.3 is 0 Å². The number of hydrogen-bond donors (Lipinski definition) is 1. The van der Waals surface area contributed by atoms with Gasteiger partial charge in [-0.2, -0.15) is 0 Å². The molecule has 1 aliphatic heterocycles. The van der Waals surface area contributed by atoms with Crippen molar-refractivity contribution in [3.8, 4) is 0 Å². The summed E-state index contributed by atoms with van der Waals surface area (Å²) in [5.74, 6) is -0.398. The van der Waals surface area contributed by atoms with Crippen LogP contribution in [0.2, 0.25) is 0 Å². The maximum Gasteiger partial charge on any atom is 0.251 e. The maximum atomic E-state index is 12.9. The van der Waals surface area contributed by atoms with Crippen molar-refractivity contribution >= 4 is 5.91 Å². The molecule has 1 N–H and O–H groups in total. The normalized spacial score (nSPS) is 18.6. The van der Waals surface area contributed by atoms with Gasteiger partial charge in [0.2, 0.25) is 0 Å². The zero-order valence-corrected chi connectivity index (χ0v) is 8.23. The van der Waals surface area contributed by atoms with E-state index in [0.717, 1.165) is 5.56 Å². The molecule has 1 aliphatic rings. The second kappa shape index (κ2) is 2.80. The second-order valence-electron chi connectivity index (χ2n) is 4.32. The van der Waals surface area contributed by atoms with Crippen molar-refractivity contribution in [2.24, 2.45) is 0 Å². The third kappa shape index (κ3) is 1.50. The van der Waals surface area contributed by atoms with E-state index in [0.29, 0.717) is 12.0 Å². The molecule has 0 aliphatic carbocycles. The molecule has 1 heterocycles. The molecule has 0 saturated heterocycles. The first-order chi connectivity index (χ1) is 6.48. The summed E-state index contributed by atoms with van der Waals surface area (Å²) in [6.07, 6.45) is 0.672. The Balaban J connectivity index is 2.51. The van der Waals surface area contributed by atoms with Crippen LogP contribution in [0.1, 0.15) is 29.8 Å². The summed E-state index contributed by atoms with van der Waals surface area (Å²) in [5, 5.41) is 2.87. The number of halogens is 1. The number of nitrogens with one attached hydrogen (secondary N) is 1. The summed E-state index contributed by atoms with van der Waals surface area (Å²) < 4.78 is 12.9. The highest BCUT2D eigenvalue weighted by molar-refractivity contribution is 5.97. The Morgan fingerprint density at radius 3 is 2.86 bits per heavy atom. The van der Waals surface area contributed by atoms with Crippen LogP contribution in [0.4, 0.5) is 4.39 Å². The lowest BCUT2D eigenvalue weighted by atomic mass is 9.87. The van der Waals surface area contributed by atoms with E-state index in [-0.39, 0.29) is 17.3 Å². The summed E-state index contributed by atoms with van der Waals surface area (Å²) in [7, 11) is 0. The largest absolute Gasteiger partial charge is 0.347 e. The van der Waals surface area contributed by atoms with Crippen LogP contribution in [0.5, 0.6) is 0 Å². The number of rotatable bonds is 0. The van der Waals surface area contributed by atoms with Gasteiger partial charge < -0.3 is 5.32 Å². The summed E-state index contributed by atoms with van der Waals surface area (Å²) in [5.41, 5.74) is 1.10. The van der Waals surface area contributed by atoms with Crippen LogP contribution in [-0.4, -0.2) is 11.4 Å². The van der Waals surface area contributed by atoms with Crippen LogP contribution >= 0.6 is 0 Å². The highest BCUT2D eigenvalue weighted by Gasteiger charge is 2.29. The van der Waals surface area contributed by atoms with E-state index < -0.39 is 0 Å². The van der Waals surface area contributed by atoms with Gasteiger partial charge in [-0.15, -0.1) is 0 Å². The van der Waals surface area contributed by atoms with E-state index in [2.05, 4.69) is 5.32 Å². The van der Waals surface area contributed by atoms with Crippen LogP contribution in [0.25, 0.3) is 0 Å². The van der Waals surface area contributed by atoms with Crippen molar-refractivity contribution < 1.29 is 9.18 Å². The molecule has 1 amide bonds. The Morgan fingerprint density at radius 1 is 1.43 bits per heavy atom. The van der Waals surface area contributed by atoms with Crippen molar-refractivity contribution in [3.05, 3.63) is 35.1 Å². The van der Waals surface area contributed by atoms with Crippen LogP contribution in [0.15, 0.2) is 18.2 Å². The Kier molecular flexibility index (Phi) is 1.84. The molecule has 1 aromatic carbocycles. The molecule has 0 aromatic heterocycles. The second-order valence-corrected chi connectivity index (χ2v) is 4.32. The number of benzene rings is 1. The van der Waals surface area contributed by atoms with Gasteiger partial charge in [-0.1, -0.05) is 0 Å². The van der Waals surface area contributed by atoms with Crippen molar-refractivity contribution in [2.45, 2.75) is 25.8 Å². The van der Waals surface area contributed by atoms with Crippen LogP contribution < -0.4 is 5.32 Å². The molecule has 0 atom stereocenters. The minimum absolute atomic E-state index is 0.115. The van der Waals surface area contributed by atoms with E-state index in [1.54, 1.807) is 0 Å². The Morgan fingerprint density at radius 2 is 2.14 bits per heavy atom. The molecule has 2 nitrogen and oxygen atoms in total. The predicted octanol–water partition coefficient (Wildman–Crippen LogP) is 1.89. The minimum atomic E-state index is -0.283. The van der Waals surface area contributed by atoms with Gasteiger partial charge in [-0.05, 0) is 44.0 Å². The zero-order valence-electron chi connectivity index (χ0n) is 8.23. The van der Waals surface area contributed by atoms with E-state index in [4.69, 9.17) is 0 Å². The number of hydrogen-bond acceptors (Lipinski definition) is 1. The zero-order chi connectivity index (χ0) is 10.3. The van der Waals surface area contributed by atoms with Crippen LogP contribution in [0, 0.1) is 5.82 Å². The maximum absolute atomic E-state index is 12.9. The third-order valence-electron chi connectivity index (χ3n) is 2.40. The molecular weight excluding hydrogens is 181 g/mol. The van der Waals surface area contributed by atoms with E-state index in [1.165, 1.54) is 18.2 Å². The third-order valence-corrected chi connectivity index (χ3v) is 2.40. The molecule has 0 spiro atoms. The lowest BCUT2D eigenvalue weighted by Gasteiger charge is -2.32. The minimum Gasteiger partial charge on any atom is -0.347 e. The molecule has 3 heteroatoms. The number of carbonyl (C=O) groups excluding carboxylic acids is 1. The summed E-state index contributed by atoms with van der Waals surface area (Å²) in [4.78, 5) is 11.6. The first-order valence-corrected chi connectivity index (χ1v) is 4.59. The fraction of sp³-hybridized carbons (Fsp3) is 0.364. The first kappa shape index (κ1) is 9.19. The van der Waals surface area contributed by atoms with Crippen LogP contribution in [-0.2, 0) is 6.42 Å². The van der Waals surface area contributed by atoms with Crippen molar-refractivity contribution in [2.75, 3.05) is 0 Å². The number of amides is 1. The van der Waals surface area contributed by atoms with Crippen molar-refractivity contribution in [1.29, 1.82) is 0 Å². The SMILES string of the molecule is CC1(C)Cc2cc(F)ccc2C(=O)N1. The highest BCUT2D eigenvalue weighted by atomic mass is 19.1. The molecule has 2 rings (SSSR count). The number of fused-ring (bicyclic) bond motifs is 1. The molecule has 0 saturated carbocycles. The van der Waals surface area contributed by atoms with Crippen LogP contribution in [0.3, 0.4) is 0 Å². The lowest BCUT2D eigenvalue weighted by Crippen LogP contribution is -2.49. The standard InChI is InChI=1S/C11H12FNO/c1-11(2)6-7-5-8(12)3-4-9(7)10(14)13-11/h3-5H,6H2,1-2H3,(H,13,14). The number of carbonyl (C=O) groups is 1. The summed E-state index contributed by atoms with van der Waals surface area (Å²) in [6, 6.07) is 4.29. The Hall–Kier alpha value is -1.38. The van der Waals surface area contributed by atoms with Gasteiger partial charge in [0.25, 0.3) is 5.91 Å². The van der Waals surface area contributed by atoms with E-state index in [9.17, 15) is 9.18 Å². The quantitative estimate of drug-likeness (QED) is 0.669. The lowest BCUT2D eigenvalue weighted by molar-refractivity contribution is 0.0897. The molecule has 0 radical (unpaired) electrons. The van der Waals surface area contributed by atoms with Crippen molar-refractivity contribution in [1.82, 2.24) is 5.32 Å². The first-order valence-electron chi connectivity index (χ1n) is 4.59. The fourth-order valence-electron chi connectivity index (χ4n) is 1.83. The average molecular weight is 193 g/mol. The van der Waals surface area contributed by atoms with Gasteiger partial charge in [0.15, 0.2) is 0 Å². The fourth-order valence-corrected chi connectivity index (χ4v) is 1.83. The predicted molar refractivity (Wildman–Crippen MR) is 51.6 cm³/mol. The molecule has 0 bridgehead atoms.